The lowest BCUT2D eigenvalue weighted by Gasteiger charge is -2.47. The molecule has 1 aromatic rings. The van der Waals surface area contributed by atoms with Crippen LogP contribution in [0.5, 0.6) is 0 Å². The monoisotopic (exact) mass is 360 g/mol. The van der Waals surface area contributed by atoms with E-state index < -0.39 is 34.1 Å². The molecular formula is C11H12N4O4S3. The summed E-state index contributed by atoms with van der Waals surface area (Å²) >= 11 is 2.72. The van der Waals surface area contributed by atoms with Gasteiger partial charge in [-0.1, -0.05) is 23.1 Å². The second kappa shape index (κ2) is 5.72. The summed E-state index contributed by atoms with van der Waals surface area (Å²) in [7, 11) is -1.39. The van der Waals surface area contributed by atoms with Gasteiger partial charge in [0.1, 0.15) is 22.1 Å². The lowest BCUT2D eigenvalue weighted by Crippen LogP contribution is -2.71. The molecule has 3 N–H and O–H groups in total. The van der Waals surface area contributed by atoms with Crippen LogP contribution in [0.3, 0.4) is 0 Å². The van der Waals surface area contributed by atoms with Crippen LogP contribution in [-0.4, -0.2) is 59.2 Å². The van der Waals surface area contributed by atoms with Crippen molar-refractivity contribution in [2.75, 3.05) is 11.5 Å². The molecule has 22 heavy (non-hydrogen) atoms. The van der Waals surface area contributed by atoms with Crippen LogP contribution < -0.4 is 5.73 Å². The van der Waals surface area contributed by atoms with Crippen molar-refractivity contribution in [1.82, 2.24) is 15.1 Å². The minimum atomic E-state index is -1.39. The molecule has 1 saturated heterocycles. The van der Waals surface area contributed by atoms with Gasteiger partial charge >= 0.3 is 5.97 Å². The third kappa shape index (κ3) is 2.47. The molecule has 3 atom stereocenters. The fraction of sp³-hybridized carbons (Fsp3) is 0.455. The van der Waals surface area contributed by atoms with Crippen LogP contribution in [0, 0.1) is 6.92 Å². The zero-order chi connectivity index (χ0) is 16.0. The van der Waals surface area contributed by atoms with Gasteiger partial charge in [0, 0.05) is 5.75 Å². The average molecular weight is 360 g/mol. The summed E-state index contributed by atoms with van der Waals surface area (Å²) in [5.74, 6) is -1.29. The van der Waals surface area contributed by atoms with Crippen molar-refractivity contribution in [2.45, 2.75) is 22.7 Å². The summed E-state index contributed by atoms with van der Waals surface area (Å²) in [6, 6.07) is -0.879. The van der Waals surface area contributed by atoms with E-state index in [0.717, 1.165) is 9.91 Å². The molecule has 8 nitrogen and oxygen atoms in total. The van der Waals surface area contributed by atoms with Gasteiger partial charge in [0.25, 0.3) is 0 Å². The predicted molar refractivity (Wildman–Crippen MR) is 81.7 cm³/mol. The number of aromatic nitrogens is 2. The van der Waals surface area contributed by atoms with Crippen molar-refractivity contribution < 1.29 is 18.9 Å². The largest absolute Gasteiger partial charge is 0.477 e. The predicted octanol–water partition coefficient (Wildman–Crippen LogP) is -0.465. The molecule has 3 heterocycles. The molecule has 3 rings (SSSR count). The number of nitrogens with two attached hydrogens (primary N) is 1. The fourth-order valence-electron chi connectivity index (χ4n) is 2.35. The maximum absolute atomic E-state index is 12.2. The van der Waals surface area contributed by atoms with Crippen LogP contribution in [-0.2, 0) is 20.4 Å². The van der Waals surface area contributed by atoms with Crippen LogP contribution in [0.4, 0.5) is 0 Å². The van der Waals surface area contributed by atoms with E-state index in [-0.39, 0.29) is 11.4 Å². The van der Waals surface area contributed by atoms with Gasteiger partial charge in [-0.25, -0.2) is 4.79 Å². The summed E-state index contributed by atoms with van der Waals surface area (Å²) in [6.45, 7) is 1.82. The van der Waals surface area contributed by atoms with E-state index in [1.807, 2.05) is 6.92 Å². The van der Waals surface area contributed by atoms with Gasteiger partial charge < -0.3 is 10.8 Å². The molecule has 1 fully saturated rings. The molecule has 0 radical (unpaired) electrons. The van der Waals surface area contributed by atoms with Crippen LogP contribution in [0.15, 0.2) is 15.6 Å². The number of nitrogens with zero attached hydrogens (tertiary/aromatic N) is 3. The molecule has 0 saturated carbocycles. The zero-order valence-corrected chi connectivity index (χ0v) is 13.8. The summed E-state index contributed by atoms with van der Waals surface area (Å²) in [6.07, 6.45) is 0. The summed E-state index contributed by atoms with van der Waals surface area (Å²) in [5.41, 5.74) is 5.99. The highest BCUT2D eigenvalue weighted by molar-refractivity contribution is 8.01. The quantitative estimate of drug-likeness (QED) is 0.545. The number of carbonyl (C=O) groups is 2. The maximum Gasteiger partial charge on any atom is 0.352 e. The zero-order valence-electron chi connectivity index (χ0n) is 11.4. The smallest absolute Gasteiger partial charge is 0.352 e. The van der Waals surface area contributed by atoms with E-state index in [0.29, 0.717) is 15.7 Å². The normalized spacial score (nSPS) is 27.6. The van der Waals surface area contributed by atoms with Crippen LogP contribution >= 0.6 is 23.1 Å². The fourth-order valence-corrected chi connectivity index (χ4v) is 5.95. The number of aliphatic carboxylic acids is 1. The Labute approximate surface area is 136 Å². The van der Waals surface area contributed by atoms with E-state index >= 15 is 0 Å². The lowest BCUT2D eigenvalue weighted by atomic mass is 10.0. The maximum atomic E-state index is 12.2. The molecule has 1 aromatic heterocycles. The molecule has 2 aliphatic heterocycles. The molecule has 0 aliphatic carbocycles. The minimum absolute atomic E-state index is 0.0926. The molecule has 1 unspecified atom stereocenters. The Balaban J connectivity index is 1.87. The van der Waals surface area contributed by atoms with Gasteiger partial charge in [0.2, 0.25) is 5.91 Å². The highest BCUT2D eigenvalue weighted by Gasteiger charge is 2.54. The minimum Gasteiger partial charge on any atom is -0.477 e. The van der Waals surface area contributed by atoms with Crippen molar-refractivity contribution in [3.63, 3.8) is 0 Å². The highest BCUT2D eigenvalue weighted by atomic mass is 32.2. The number of carboxylic acid groups (broad SMARTS) is 1. The van der Waals surface area contributed by atoms with Crippen molar-refractivity contribution in [1.29, 1.82) is 0 Å². The summed E-state index contributed by atoms with van der Waals surface area (Å²) in [4.78, 5) is 24.4. The van der Waals surface area contributed by atoms with E-state index in [1.54, 1.807) is 0 Å². The summed E-state index contributed by atoms with van der Waals surface area (Å²) in [5, 5.41) is 17.3. The third-order valence-corrected chi connectivity index (χ3v) is 7.06. The Kier molecular flexibility index (Phi) is 4.05. The molecule has 11 heteroatoms. The van der Waals surface area contributed by atoms with Gasteiger partial charge in [-0.15, -0.1) is 10.2 Å². The third-order valence-electron chi connectivity index (χ3n) is 3.33. The number of hydrogen-bond donors (Lipinski definition) is 2. The van der Waals surface area contributed by atoms with Crippen molar-refractivity contribution in [2.24, 2.45) is 5.73 Å². The van der Waals surface area contributed by atoms with Crippen LogP contribution in [0.25, 0.3) is 0 Å². The van der Waals surface area contributed by atoms with E-state index in [4.69, 9.17) is 5.73 Å². The number of carboxylic acids is 1. The molecular weight excluding hydrogens is 348 g/mol. The molecule has 0 spiro atoms. The number of β-lactam (4-membered cyclic amide) rings is 1. The van der Waals surface area contributed by atoms with Crippen molar-refractivity contribution in [3.05, 3.63) is 16.3 Å². The van der Waals surface area contributed by atoms with E-state index in [1.165, 1.54) is 23.1 Å². The first-order valence-corrected chi connectivity index (χ1v) is 9.42. The Bertz CT molecular complexity index is 716. The number of fused-ring (bicyclic) bond motifs is 1. The molecule has 1 amide bonds. The van der Waals surface area contributed by atoms with Gasteiger partial charge in [-0.2, -0.15) is 0 Å². The molecule has 0 aromatic carbocycles. The number of carbonyl (C=O) groups excluding carboxylic acids is 1. The Hall–Kier alpha value is -1.30. The first-order chi connectivity index (χ1) is 10.4. The van der Waals surface area contributed by atoms with Crippen LogP contribution in [0.1, 0.15) is 5.01 Å². The topological polar surface area (TPSA) is 126 Å². The molecule has 118 valence electrons. The van der Waals surface area contributed by atoms with Crippen LogP contribution in [0.2, 0.25) is 0 Å². The molecule has 2 aliphatic rings. The number of hydrogen-bond acceptors (Lipinski definition) is 8. The van der Waals surface area contributed by atoms with Gasteiger partial charge in [0.15, 0.2) is 4.34 Å². The molecule has 0 bridgehead atoms. The Morgan fingerprint density at radius 2 is 2.32 bits per heavy atom. The standard InChI is InChI=1S/C11H12N4O4S3/c1-4-13-14-11(21-4)20-2-5-3-22(19)9-6(12)8(16)15(9)7(5)10(17)18/h6,9H,2-3,12H2,1H3,(H,17,18)/t6-,9-,22?/m1/s1. The second-order valence-corrected chi connectivity index (χ2v) is 8.72. The SMILES string of the molecule is Cc1nnc(SCC2=C(C(=O)O)N3C(=O)[C@@H](N)[C@H]3S(=O)C2)s1. The number of amides is 1. The van der Waals surface area contributed by atoms with Gasteiger partial charge in [-0.3, -0.25) is 13.9 Å². The van der Waals surface area contributed by atoms with Crippen molar-refractivity contribution >= 4 is 45.8 Å². The first kappa shape index (κ1) is 15.6. The number of thioether (sulfide) groups is 1. The lowest BCUT2D eigenvalue weighted by molar-refractivity contribution is -0.148. The van der Waals surface area contributed by atoms with E-state index in [2.05, 4.69) is 10.2 Å². The average Bonchev–Trinajstić information content (AvgIpc) is 2.88. The second-order valence-electron chi connectivity index (χ2n) is 4.78. The number of rotatable bonds is 4. The Morgan fingerprint density at radius 1 is 1.59 bits per heavy atom. The first-order valence-electron chi connectivity index (χ1n) is 6.24. The van der Waals surface area contributed by atoms with Crippen molar-refractivity contribution in [3.8, 4) is 0 Å². The van der Waals surface area contributed by atoms with Gasteiger partial charge in [0.05, 0.1) is 16.6 Å². The van der Waals surface area contributed by atoms with Gasteiger partial charge in [-0.05, 0) is 12.5 Å². The van der Waals surface area contributed by atoms with E-state index in [9.17, 15) is 18.9 Å². The Morgan fingerprint density at radius 3 is 2.91 bits per heavy atom. The number of aryl methyl sites for hydroxylation is 1. The highest BCUT2D eigenvalue weighted by Crippen LogP contribution is 2.36. The summed E-state index contributed by atoms with van der Waals surface area (Å²) < 4.78 is 12.9.